The molecule has 2 rings (SSSR count). The van der Waals surface area contributed by atoms with Crippen LogP contribution in [-0.2, 0) is 0 Å². The maximum atomic E-state index is 5.75. The molecule has 0 spiro atoms. The number of furan rings is 1. The van der Waals surface area contributed by atoms with Crippen LogP contribution < -0.4 is 10.1 Å². The fourth-order valence-electron chi connectivity index (χ4n) is 2.14. The fourth-order valence-corrected chi connectivity index (χ4v) is 2.52. The molecule has 1 aromatic carbocycles. The van der Waals surface area contributed by atoms with Crippen molar-refractivity contribution in [3.63, 3.8) is 0 Å². The molecule has 0 radical (unpaired) electrons. The van der Waals surface area contributed by atoms with Crippen molar-refractivity contribution in [2.24, 2.45) is 0 Å². The highest BCUT2D eigenvalue weighted by Gasteiger charge is 2.20. The second-order valence-electron chi connectivity index (χ2n) is 4.52. The lowest BCUT2D eigenvalue weighted by molar-refractivity contribution is 0.330. The largest absolute Gasteiger partial charge is 0.494 e. The first-order chi connectivity index (χ1) is 9.76. The monoisotopic (exact) mass is 337 g/mol. The molecule has 108 valence electrons. The van der Waals surface area contributed by atoms with E-state index in [2.05, 4.69) is 34.2 Å². The van der Waals surface area contributed by atoms with Gasteiger partial charge in [-0.25, -0.2) is 0 Å². The quantitative estimate of drug-likeness (QED) is 0.805. The van der Waals surface area contributed by atoms with Gasteiger partial charge in [0.1, 0.15) is 11.5 Å². The van der Waals surface area contributed by atoms with E-state index in [4.69, 9.17) is 9.15 Å². The summed E-state index contributed by atoms with van der Waals surface area (Å²) >= 11 is 3.53. The summed E-state index contributed by atoms with van der Waals surface area (Å²) < 4.78 is 12.4. The van der Waals surface area contributed by atoms with E-state index in [1.54, 1.807) is 6.26 Å². The number of ether oxygens (including phenoxy) is 1. The second-order valence-corrected chi connectivity index (χ2v) is 5.43. The standard InChI is InChI=1S/C16H20BrNO2/c1-3-9-18-16(15-6-5-10-20-15)13-11-12(17)7-8-14(13)19-4-2/h5-8,10-11,16,18H,3-4,9H2,1-2H3. The van der Waals surface area contributed by atoms with Gasteiger partial charge in [0.05, 0.1) is 18.9 Å². The molecule has 0 aliphatic rings. The highest BCUT2D eigenvalue weighted by atomic mass is 79.9. The SMILES string of the molecule is CCCNC(c1ccco1)c1cc(Br)ccc1OCC. The lowest BCUT2D eigenvalue weighted by Gasteiger charge is -2.20. The van der Waals surface area contributed by atoms with Crippen LogP contribution in [0.3, 0.4) is 0 Å². The maximum Gasteiger partial charge on any atom is 0.125 e. The van der Waals surface area contributed by atoms with E-state index in [-0.39, 0.29) is 6.04 Å². The normalized spacial score (nSPS) is 12.3. The summed E-state index contributed by atoms with van der Waals surface area (Å²) in [7, 11) is 0. The van der Waals surface area contributed by atoms with Crippen molar-refractivity contribution >= 4 is 15.9 Å². The third-order valence-corrected chi connectivity index (χ3v) is 3.50. The van der Waals surface area contributed by atoms with Gasteiger partial charge in [0.25, 0.3) is 0 Å². The molecule has 0 aliphatic carbocycles. The number of nitrogens with one attached hydrogen (secondary N) is 1. The van der Waals surface area contributed by atoms with Crippen LogP contribution in [0.5, 0.6) is 5.75 Å². The van der Waals surface area contributed by atoms with Crippen LogP contribution in [0, 0.1) is 0 Å². The van der Waals surface area contributed by atoms with E-state index >= 15 is 0 Å². The van der Waals surface area contributed by atoms with Crippen LogP contribution >= 0.6 is 15.9 Å². The molecule has 1 heterocycles. The fraction of sp³-hybridized carbons (Fsp3) is 0.375. The summed E-state index contributed by atoms with van der Waals surface area (Å²) in [6.45, 7) is 5.71. The number of hydrogen-bond donors (Lipinski definition) is 1. The van der Waals surface area contributed by atoms with Crippen molar-refractivity contribution in [3.8, 4) is 5.75 Å². The molecular weight excluding hydrogens is 318 g/mol. The zero-order valence-electron chi connectivity index (χ0n) is 11.9. The van der Waals surface area contributed by atoms with Gasteiger partial charge in [-0.15, -0.1) is 0 Å². The lowest BCUT2D eigenvalue weighted by atomic mass is 10.0. The molecule has 0 bridgehead atoms. The maximum absolute atomic E-state index is 5.75. The third-order valence-electron chi connectivity index (χ3n) is 3.01. The Hall–Kier alpha value is -1.26. The van der Waals surface area contributed by atoms with E-state index in [0.717, 1.165) is 34.5 Å². The first-order valence-corrected chi connectivity index (χ1v) is 7.74. The first kappa shape index (κ1) is 15.1. The highest BCUT2D eigenvalue weighted by Crippen LogP contribution is 2.32. The Morgan fingerprint density at radius 3 is 2.80 bits per heavy atom. The molecule has 0 saturated carbocycles. The van der Waals surface area contributed by atoms with Crippen molar-refractivity contribution in [3.05, 3.63) is 52.4 Å². The van der Waals surface area contributed by atoms with E-state index in [0.29, 0.717) is 6.61 Å². The van der Waals surface area contributed by atoms with Crippen molar-refractivity contribution in [2.45, 2.75) is 26.3 Å². The van der Waals surface area contributed by atoms with Gasteiger partial charge in [-0.05, 0) is 50.2 Å². The highest BCUT2D eigenvalue weighted by molar-refractivity contribution is 9.10. The summed E-state index contributed by atoms with van der Waals surface area (Å²) in [4.78, 5) is 0. The molecule has 4 heteroatoms. The third kappa shape index (κ3) is 3.64. The Morgan fingerprint density at radius 1 is 1.30 bits per heavy atom. The number of benzene rings is 1. The first-order valence-electron chi connectivity index (χ1n) is 6.95. The predicted octanol–water partition coefficient (Wildman–Crippen LogP) is 4.53. The van der Waals surface area contributed by atoms with Gasteiger partial charge >= 0.3 is 0 Å². The smallest absolute Gasteiger partial charge is 0.125 e. The number of rotatable bonds is 7. The van der Waals surface area contributed by atoms with Crippen LogP contribution in [0.4, 0.5) is 0 Å². The average Bonchev–Trinajstić information content (AvgIpc) is 2.96. The van der Waals surface area contributed by atoms with Crippen molar-refractivity contribution in [1.82, 2.24) is 5.32 Å². The van der Waals surface area contributed by atoms with E-state index < -0.39 is 0 Å². The lowest BCUT2D eigenvalue weighted by Crippen LogP contribution is -2.23. The Balaban J connectivity index is 2.39. The zero-order valence-corrected chi connectivity index (χ0v) is 13.4. The van der Waals surface area contributed by atoms with Gasteiger partial charge in [-0.3, -0.25) is 0 Å². The summed E-state index contributed by atoms with van der Waals surface area (Å²) in [6, 6.07) is 9.98. The predicted molar refractivity (Wildman–Crippen MR) is 84.2 cm³/mol. The van der Waals surface area contributed by atoms with Crippen LogP contribution in [0.25, 0.3) is 0 Å². The van der Waals surface area contributed by atoms with Gasteiger partial charge < -0.3 is 14.5 Å². The Morgan fingerprint density at radius 2 is 2.15 bits per heavy atom. The molecule has 0 aliphatic heterocycles. The molecule has 2 aromatic rings. The summed E-state index contributed by atoms with van der Waals surface area (Å²) in [5, 5.41) is 3.52. The van der Waals surface area contributed by atoms with Gasteiger partial charge in [0, 0.05) is 10.0 Å². The van der Waals surface area contributed by atoms with Crippen molar-refractivity contribution < 1.29 is 9.15 Å². The minimum absolute atomic E-state index is 0.00370. The van der Waals surface area contributed by atoms with Gasteiger partial charge in [0.2, 0.25) is 0 Å². The van der Waals surface area contributed by atoms with Crippen molar-refractivity contribution in [2.75, 3.05) is 13.2 Å². The average molecular weight is 338 g/mol. The summed E-state index contributed by atoms with van der Waals surface area (Å²) in [5.41, 5.74) is 1.09. The van der Waals surface area contributed by atoms with Gasteiger partial charge in [-0.1, -0.05) is 22.9 Å². The van der Waals surface area contributed by atoms with Crippen molar-refractivity contribution in [1.29, 1.82) is 0 Å². The zero-order chi connectivity index (χ0) is 14.4. The Kier molecular flexibility index (Phi) is 5.68. The van der Waals surface area contributed by atoms with Crippen LogP contribution in [0.1, 0.15) is 37.6 Å². The van der Waals surface area contributed by atoms with Crippen LogP contribution in [-0.4, -0.2) is 13.2 Å². The molecule has 1 N–H and O–H groups in total. The molecule has 1 atom stereocenters. The van der Waals surface area contributed by atoms with E-state index in [1.165, 1.54) is 0 Å². The number of hydrogen-bond acceptors (Lipinski definition) is 3. The topological polar surface area (TPSA) is 34.4 Å². The molecule has 0 amide bonds. The minimum atomic E-state index is 0.00370. The molecule has 0 fully saturated rings. The molecule has 20 heavy (non-hydrogen) atoms. The molecule has 1 aromatic heterocycles. The minimum Gasteiger partial charge on any atom is -0.494 e. The molecule has 0 saturated heterocycles. The summed E-state index contributed by atoms with van der Waals surface area (Å²) in [6.07, 6.45) is 2.77. The van der Waals surface area contributed by atoms with Crippen LogP contribution in [0.15, 0.2) is 45.5 Å². The summed E-state index contributed by atoms with van der Waals surface area (Å²) in [5.74, 6) is 1.79. The Bertz CT molecular complexity index is 525. The Labute approximate surface area is 128 Å². The van der Waals surface area contributed by atoms with Crippen LogP contribution in [0.2, 0.25) is 0 Å². The molecule has 3 nitrogen and oxygen atoms in total. The second kappa shape index (κ2) is 7.50. The van der Waals surface area contributed by atoms with E-state index in [9.17, 15) is 0 Å². The van der Waals surface area contributed by atoms with Gasteiger partial charge in [0.15, 0.2) is 0 Å². The van der Waals surface area contributed by atoms with E-state index in [1.807, 2.05) is 31.2 Å². The number of halogens is 1. The van der Waals surface area contributed by atoms with Gasteiger partial charge in [-0.2, -0.15) is 0 Å². The molecule has 1 unspecified atom stereocenters. The molecular formula is C16H20BrNO2.